The molecule has 3 rings (SSSR count). The molecule has 0 saturated heterocycles. The lowest BCUT2D eigenvalue weighted by molar-refractivity contribution is 0.170. The van der Waals surface area contributed by atoms with Crippen molar-refractivity contribution >= 4 is 0 Å². The van der Waals surface area contributed by atoms with Crippen molar-refractivity contribution in [3.63, 3.8) is 0 Å². The molecule has 0 unspecified atom stereocenters. The number of pyridine rings is 1. The largest absolute Gasteiger partial charge is 0.454 e. The van der Waals surface area contributed by atoms with E-state index in [4.69, 9.17) is 9.47 Å². The Morgan fingerprint density at radius 2 is 2.00 bits per heavy atom. The Bertz CT molecular complexity index is 614. The molecular formula is C18H22N2O2. The van der Waals surface area contributed by atoms with Gasteiger partial charge in [-0.3, -0.25) is 9.88 Å². The molecule has 0 N–H and O–H groups in total. The van der Waals surface area contributed by atoms with Crippen molar-refractivity contribution in [2.24, 2.45) is 5.92 Å². The molecule has 4 nitrogen and oxygen atoms in total. The average molecular weight is 298 g/mol. The van der Waals surface area contributed by atoms with E-state index in [1.807, 2.05) is 30.5 Å². The van der Waals surface area contributed by atoms with E-state index in [1.165, 1.54) is 5.56 Å². The van der Waals surface area contributed by atoms with E-state index in [0.717, 1.165) is 36.8 Å². The lowest BCUT2D eigenvalue weighted by Gasteiger charge is -2.24. The summed E-state index contributed by atoms with van der Waals surface area (Å²) in [4.78, 5) is 6.85. The summed E-state index contributed by atoms with van der Waals surface area (Å²) in [6, 6.07) is 12.1. The standard InChI is InChI=1S/C18H22N2O2/c1-14(2)10-20(12-16-7-3-4-9-19-16)11-15-6-5-8-17-18(15)22-13-21-17/h3-9,14H,10-13H2,1-2H3. The fraction of sp³-hybridized carbons (Fsp3) is 0.389. The van der Waals surface area contributed by atoms with E-state index >= 15 is 0 Å². The van der Waals surface area contributed by atoms with Crippen LogP contribution in [0.25, 0.3) is 0 Å². The van der Waals surface area contributed by atoms with E-state index in [2.05, 4.69) is 35.9 Å². The third-order valence-corrected chi connectivity index (χ3v) is 3.61. The molecule has 0 aliphatic carbocycles. The summed E-state index contributed by atoms with van der Waals surface area (Å²) in [6.45, 7) is 7.48. The zero-order valence-corrected chi connectivity index (χ0v) is 13.2. The first-order valence-corrected chi connectivity index (χ1v) is 7.72. The average Bonchev–Trinajstić information content (AvgIpc) is 2.97. The highest BCUT2D eigenvalue weighted by Gasteiger charge is 2.19. The molecule has 1 aromatic carbocycles. The molecule has 0 radical (unpaired) electrons. The SMILES string of the molecule is CC(C)CN(Cc1ccccn1)Cc1cccc2c1OCO2. The predicted octanol–water partition coefficient (Wildman–Crippen LogP) is 3.47. The van der Waals surface area contributed by atoms with Gasteiger partial charge in [0, 0.05) is 31.4 Å². The quantitative estimate of drug-likeness (QED) is 0.818. The Labute approximate surface area is 131 Å². The van der Waals surface area contributed by atoms with E-state index in [1.54, 1.807) is 0 Å². The van der Waals surface area contributed by atoms with Crippen LogP contribution in [0.5, 0.6) is 11.5 Å². The summed E-state index contributed by atoms with van der Waals surface area (Å²) < 4.78 is 11.1. The summed E-state index contributed by atoms with van der Waals surface area (Å²) in [7, 11) is 0. The third kappa shape index (κ3) is 3.57. The zero-order chi connectivity index (χ0) is 15.4. The van der Waals surface area contributed by atoms with Gasteiger partial charge >= 0.3 is 0 Å². The van der Waals surface area contributed by atoms with Crippen molar-refractivity contribution in [1.29, 1.82) is 0 Å². The Morgan fingerprint density at radius 3 is 2.77 bits per heavy atom. The van der Waals surface area contributed by atoms with Crippen LogP contribution in [-0.4, -0.2) is 23.2 Å². The first kappa shape index (κ1) is 14.9. The molecule has 22 heavy (non-hydrogen) atoms. The highest BCUT2D eigenvalue weighted by atomic mass is 16.7. The van der Waals surface area contributed by atoms with E-state index in [9.17, 15) is 0 Å². The van der Waals surface area contributed by atoms with Crippen LogP contribution in [0.4, 0.5) is 0 Å². The number of nitrogens with zero attached hydrogens (tertiary/aromatic N) is 2. The minimum atomic E-state index is 0.316. The maximum absolute atomic E-state index is 5.62. The van der Waals surface area contributed by atoms with Crippen molar-refractivity contribution in [2.45, 2.75) is 26.9 Å². The van der Waals surface area contributed by atoms with Crippen LogP contribution in [0.2, 0.25) is 0 Å². The monoisotopic (exact) mass is 298 g/mol. The number of hydrogen-bond donors (Lipinski definition) is 0. The molecule has 0 fully saturated rings. The van der Waals surface area contributed by atoms with Gasteiger partial charge in [-0.25, -0.2) is 0 Å². The second kappa shape index (κ2) is 6.79. The van der Waals surface area contributed by atoms with Gasteiger partial charge in [-0.15, -0.1) is 0 Å². The normalized spacial score (nSPS) is 13.1. The Kier molecular flexibility index (Phi) is 4.59. The van der Waals surface area contributed by atoms with Crippen LogP contribution in [0.15, 0.2) is 42.6 Å². The fourth-order valence-corrected chi connectivity index (χ4v) is 2.78. The van der Waals surface area contributed by atoms with Gasteiger partial charge in [0.1, 0.15) is 0 Å². The molecule has 2 aromatic rings. The molecule has 0 saturated carbocycles. The van der Waals surface area contributed by atoms with Crippen molar-refractivity contribution in [2.75, 3.05) is 13.3 Å². The molecule has 0 spiro atoms. The van der Waals surface area contributed by atoms with Crippen molar-refractivity contribution < 1.29 is 9.47 Å². The fourth-order valence-electron chi connectivity index (χ4n) is 2.78. The molecule has 1 aromatic heterocycles. The second-order valence-corrected chi connectivity index (χ2v) is 6.04. The van der Waals surface area contributed by atoms with Gasteiger partial charge in [0.25, 0.3) is 0 Å². The zero-order valence-electron chi connectivity index (χ0n) is 13.2. The van der Waals surface area contributed by atoms with Gasteiger partial charge in [0.05, 0.1) is 5.69 Å². The number of fused-ring (bicyclic) bond motifs is 1. The number of ether oxygens (including phenoxy) is 2. The summed E-state index contributed by atoms with van der Waals surface area (Å²) in [5, 5.41) is 0. The van der Waals surface area contributed by atoms with E-state index < -0.39 is 0 Å². The molecule has 1 aliphatic rings. The molecule has 0 bridgehead atoms. The highest BCUT2D eigenvalue weighted by molar-refractivity contribution is 5.48. The van der Waals surface area contributed by atoms with Gasteiger partial charge in [-0.1, -0.05) is 32.0 Å². The molecule has 4 heteroatoms. The minimum absolute atomic E-state index is 0.316. The van der Waals surface area contributed by atoms with Gasteiger partial charge in [0.2, 0.25) is 6.79 Å². The van der Waals surface area contributed by atoms with Gasteiger partial charge in [-0.2, -0.15) is 0 Å². The minimum Gasteiger partial charge on any atom is -0.454 e. The first-order chi connectivity index (χ1) is 10.7. The lowest BCUT2D eigenvalue weighted by Crippen LogP contribution is -2.27. The van der Waals surface area contributed by atoms with Gasteiger partial charge in [0.15, 0.2) is 11.5 Å². The van der Waals surface area contributed by atoms with Gasteiger partial charge in [-0.05, 0) is 24.1 Å². The summed E-state index contributed by atoms with van der Waals surface area (Å²) in [5.74, 6) is 2.33. The predicted molar refractivity (Wildman–Crippen MR) is 85.8 cm³/mol. The van der Waals surface area contributed by atoms with Crippen LogP contribution in [-0.2, 0) is 13.1 Å². The topological polar surface area (TPSA) is 34.6 Å². The van der Waals surface area contributed by atoms with Crippen molar-refractivity contribution in [3.8, 4) is 11.5 Å². The van der Waals surface area contributed by atoms with Crippen LogP contribution >= 0.6 is 0 Å². The molecule has 1 aliphatic heterocycles. The number of aromatic nitrogens is 1. The molecule has 2 heterocycles. The second-order valence-electron chi connectivity index (χ2n) is 6.04. The van der Waals surface area contributed by atoms with Crippen molar-refractivity contribution in [1.82, 2.24) is 9.88 Å². The Balaban J connectivity index is 1.77. The van der Waals surface area contributed by atoms with Crippen molar-refractivity contribution in [3.05, 3.63) is 53.9 Å². The smallest absolute Gasteiger partial charge is 0.231 e. The third-order valence-electron chi connectivity index (χ3n) is 3.61. The maximum atomic E-state index is 5.62. The van der Waals surface area contributed by atoms with Crippen LogP contribution < -0.4 is 9.47 Å². The molecule has 0 atom stereocenters. The Morgan fingerprint density at radius 1 is 1.09 bits per heavy atom. The number of hydrogen-bond acceptors (Lipinski definition) is 4. The van der Waals surface area contributed by atoms with Crippen LogP contribution in [0, 0.1) is 5.92 Å². The number of para-hydroxylation sites is 1. The maximum Gasteiger partial charge on any atom is 0.231 e. The summed E-state index contributed by atoms with van der Waals surface area (Å²) in [6.07, 6.45) is 1.85. The molecular weight excluding hydrogens is 276 g/mol. The number of benzene rings is 1. The summed E-state index contributed by atoms with van der Waals surface area (Å²) in [5.41, 5.74) is 2.26. The molecule has 116 valence electrons. The van der Waals surface area contributed by atoms with Crippen LogP contribution in [0.1, 0.15) is 25.1 Å². The van der Waals surface area contributed by atoms with Crippen LogP contribution in [0.3, 0.4) is 0 Å². The van der Waals surface area contributed by atoms with E-state index in [-0.39, 0.29) is 0 Å². The first-order valence-electron chi connectivity index (χ1n) is 7.72. The summed E-state index contributed by atoms with van der Waals surface area (Å²) >= 11 is 0. The molecule has 0 amide bonds. The number of rotatable bonds is 6. The lowest BCUT2D eigenvalue weighted by atomic mass is 10.1. The Hall–Kier alpha value is -2.07. The van der Waals surface area contributed by atoms with E-state index in [0.29, 0.717) is 12.7 Å². The highest BCUT2D eigenvalue weighted by Crippen LogP contribution is 2.36. The van der Waals surface area contributed by atoms with Gasteiger partial charge < -0.3 is 9.47 Å².